The van der Waals surface area contributed by atoms with Crippen molar-refractivity contribution in [3.63, 3.8) is 0 Å². The Morgan fingerprint density at radius 1 is 0.706 bits per heavy atom. The number of hydroxylamine groups is 1. The molecule has 0 aromatic heterocycles. The summed E-state index contributed by atoms with van der Waals surface area (Å²) >= 11 is 12.7. The number of hydrogen-bond donors (Lipinski definition) is 0. The maximum Gasteiger partial charge on any atom is 0.266 e. The van der Waals surface area contributed by atoms with Crippen molar-refractivity contribution < 1.29 is 14.4 Å². The van der Waals surface area contributed by atoms with Gasteiger partial charge in [-0.2, -0.15) is 0 Å². The minimum absolute atomic E-state index is 0.196. The second-order valence-corrected chi connectivity index (χ2v) is 9.12. The number of para-hydroxylation sites is 2. The fraction of sp³-hybridized carbons (Fsp3) is 0.111. The molecule has 0 unspecified atom stereocenters. The second-order valence-electron chi connectivity index (χ2n) is 8.31. The van der Waals surface area contributed by atoms with Crippen LogP contribution >= 0.6 is 23.2 Å². The van der Waals surface area contributed by atoms with Gasteiger partial charge in [0.1, 0.15) is 5.92 Å². The molecule has 4 aromatic carbocycles. The highest BCUT2D eigenvalue weighted by molar-refractivity contribution is 6.42. The summed E-state index contributed by atoms with van der Waals surface area (Å²) in [5.41, 5.74) is 1.86. The van der Waals surface area contributed by atoms with Gasteiger partial charge >= 0.3 is 0 Å². The monoisotopic (exact) mass is 488 g/mol. The Bertz CT molecular complexity index is 1420. The summed E-state index contributed by atoms with van der Waals surface area (Å²) < 4.78 is 0. The van der Waals surface area contributed by atoms with E-state index in [0.717, 1.165) is 26.9 Å². The van der Waals surface area contributed by atoms with E-state index in [2.05, 4.69) is 0 Å². The maximum absolute atomic E-state index is 13.9. The lowest BCUT2D eigenvalue weighted by Gasteiger charge is -2.29. The van der Waals surface area contributed by atoms with Crippen molar-refractivity contribution in [3.05, 3.63) is 107 Å². The van der Waals surface area contributed by atoms with Crippen molar-refractivity contribution in [2.75, 3.05) is 9.96 Å². The standard InChI is InChI=1S/C27H18Cl2N2O3/c28-20-14-7-15-21(29)24(20)30-26(32)22-23(19-13-6-9-16-8-4-5-12-18(16)19)31(34-25(22)27(30)33)17-10-2-1-3-11-17/h1-15,22-23,25H/t22-,23+,25+/m1/s1. The van der Waals surface area contributed by atoms with Gasteiger partial charge in [-0.1, -0.05) is 89.9 Å². The van der Waals surface area contributed by atoms with E-state index in [9.17, 15) is 9.59 Å². The predicted molar refractivity (Wildman–Crippen MR) is 133 cm³/mol. The second kappa shape index (κ2) is 8.13. The number of fused-ring (bicyclic) bond motifs is 2. The maximum atomic E-state index is 13.9. The number of imide groups is 1. The Balaban J connectivity index is 1.53. The van der Waals surface area contributed by atoms with Gasteiger partial charge in [0, 0.05) is 0 Å². The molecule has 0 radical (unpaired) electrons. The number of carbonyl (C=O) groups excluding carboxylic acids is 2. The molecular weight excluding hydrogens is 471 g/mol. The van der Waals surface area contributed by atoms with Gasteiger partial charge in [0.15, 0.2) is 6.10 Å². The van der Waals surface area contributed by atoms with Gasteiger partial charge < -0.3 is 0 Å². The molecule has 2 aliphatic heterocycles. The lowest BCUT2D eigenvalue weighted by Crippen LogP contribution is -2.37. The minimum atomic E-state index is -0.996. The average molecular weight is 489 g/mol. The van der Waals surface area contributed by atoms with Crippen LogP contribution in [0.25, 0.3) is 10.8 Å². The van der Waals surface area contributed by atoms with Crippen LogP contribution in [0.15, 0.2) is 91.0 Å². The minimum Gasteiger partial charge on any atom is -0.273 e. The summed E-state index contributed by atoms with van der Waals surface area (Å²) in [7, 11) is 0. The fourth-order valence-corrected chi connectivity index (χ4v) is 5.53. The Labute approximate surface area is 206 Å². The third-order valence-electron chi connectivity index (χ3n) is 6.43. The molecule has 5 nitrogen and oxygen atoms in total. The number of hydrogen-bond acceptors (Lipinski definition) is 4. The number of nitrogens with zero attached hydrogens (tertiary/aromatic N) is 2. The molecule has 2 fully saturated rings. The zero-order valence-corrected chi connectivity index (χ0v) is 19.3. The summed E-state index contributed by atoms with van der Waals surface area (Å²) in [5.74, 6) is -1.64. The molecule has 0 spiro atoms. The predicted octanol–water partition coefficient (Wildman–Crippen LogP) is 6.20. The number of anilines is 2. The van der Waals surface area contributed by atoms with Crippen LogP contribution in [-0.2, 0) is 14.4 Å². The van der Waals surface area contributed by atoms with E-state index in [1.54, 1.807) is 23.3 Å². The highest BCUT2D eigenvalue weighted by atomic mass is 35.5. The molecule has 168 valence electrons. The van der Waals surface area contributed by atoms with Crippen LogP contribution in [0.4, 0.5) is 11.4 Å². The molecule has 34 heavy (non-hydrogen) atoms. The van der Waals surface area contributed by atoms with Crippen molar-refractivity contribution in [2.45, 2.75) is 12.1 Å². The lowest BCUT2D eigenvalue weighted by molar-refractivity contribution is -0.126. The first-order valence-corrected chi connectivity index (χ1v) is 11.6. The van der Waals surface area contributed by atoms with Crippen molar-refractivity contribution in [1.29, 1.82) is 0 Å². The molecular formula is C27H18Cl2N2O3. The van der Waals surface area contributed by atoms with Gasteiger partial charge in [0.25, 0.3) is 5.91 Å². The van der Waals surface area contributed by atoms with Crippen LogP contribution in [0.2, 0.25) is 10.0 Å². The van der Waals surface area contributed by atoms with Crippen molar-refractivity contribution in [2.24, 2.45) is 5.92 Å². The summed E-state index contributed by atoms with van der Waals surface area (Å²) in [6, 6.07) is 27.8. The third kappa shape index (κ3) is 3.12. The van der Waals surface area contributed by atoms with Gasteiger partial charge in [-0.25, -0.2) is 9.96 Å². The SMILES string of the molecule is O=C1[C@H]2[C@H](ON(c3ccccc3)[C@H]2c2cccc3ccccc23)C(=O)N1c1c(Cl)cccc1Cl. The molecule has 3 atom stereocenters. The Hall–Kier alpha value is -3.38. The highest BCUT2D eigenvalue weighted by Crippen LogP contribution is 2.50. The molecule has 0 saturated carbocycles. The van der Waals surface area contributed by atoms with Gasteiger partial charge in [0.2, 0.25) is 5.91 Å². The van der Waals surface area contributed by atoms with E-state index in [4.69, 9.17) is 28.0 Å². The fourth-order valence-electron chi connectivity index (χ4n) is 4.96. The topological polar surface area (TPSA) is 49.9 Å². The first-order valence-electron chi connectivity index (χ1n) is 10.9. The van der Waals surface area contributed by atoms with Crippen molar-refractivity contribution in [1.82, 2.24) is 0 Å². The molecule has 2 amide bonds. The Morgan fingerprint density at radius 2 is 1.35 bits per heavy atom. The molecule has 2 aliphatic rings. The van der Waals surface area contributed by atoms with Crippen LogP contribution in [0.3, 0.4) is 0 Å². The van der Waals surface area contributed by atoms with Crippen molar-refractivity contribution >= 4 is 57.2 Å². The van der Waals surface area contributed by atoms with Gasteiger partial charge in [-0.05, 0) is 40.6 Å². The van der Waals surface area contributed by atoms with Gasteiger partial charge in [0.05, 0.1) is 27.5 Å². The van der Waals surface area contributed by atoms with E-state index >= 15 is 0 Å². The van der Waals surface area contributed by atoms with E-state index in [0.29, 0.717) is 0 Å². The molecule has 0 N–H and O–H groups in total. The number of rotatable bonds is 3. The van der Waals surface area contributed by atoms with Crippen molar-refractivity contribution in [3.8, 4) is 0 Å². The zero-order chi connectivity index (χ0) is 23.4. The molecule has 2 heterocycles. The normalized spacial score (nSPS) is 22.0. The van der Waals surface area contributed by atoms with Gasteiger partial charge in [-0.15, -0.1) is 0 Å². The summed E-state index contributed by atoms with van der Waals surface area (Å²) in [5, 5.41) is 4.19. The number of amides is 2. The lowest BCUT2D eigenvalue weighted by atomic mass is 9.87. The molecule has 6 rings (SSSR count). The number of benzene rings is 4. The largest absolute Gasteiger partial charge is 0.273 e. The van der Waals surface area contributed by atoms with Crippen LogP contribution in [0.5, 0.6) is 0 Å². The smallest absolute Gasteiger partial charge is 0.266 e. The van der Waals surface area contributed by atoms with Crippen LogP contribution in [0, 0.1) is 5.92 Å². The van der Waals surface area contributed by atoms with E-state index < -0.39 is 24.0 Å². The molecule has 4 aromatic rings. The van der Waals surface area contributed by atoms with E-state index in [1.807, 2.05) is 72.8 Å². The average Bonchev–Trinajstić information content (AvgIpc) is 3.36. The highest BCUT2D eigenvalue weighted by Gasteiger charge is 2.61. The van der Waals surface area contributed by atoms with Crippen LogP contribution in [0.1, 0.15) is 11.6 Å². The first kappa shape index (κ1) is 21.2. The zero-order valence-electron chi connectivity index (χ0n) is 17.8. The molecule has 7 heteroatoms. The van der Waals surface area contributed by atoms with Crippen LogP contribution in [-0.4, -0.2) is 17.9 Å². The first-order chi connectivity index (χ1) is 16.6. The summed E-state index contributed by atoms with van der Waals surface area (Å²) in [6.07, 6.45) is -0.996. The number of carbonyl (C=O) groups is 2. The summed E-state index contributed by atoms with van der Waals surface area (Å²) in [6.45, 7) is 0. The molecule has 0 bridgehead atoms. The third-order valence-corrected chi connectivity index (χ3v) is 7.04. The van der Waals surface area contributed by atoms with Crippen LogP contribution < -0.4 is 9.96 Å². The van der Waals surface area contributed by atoms with E-state index in [-0.39, 0.29) is 21.6 Å². The Kier molecular flexibility index (Phi) is 5.06. The molecule has 0 aliphatic carbocycles. The summed E-state index contributed by atoms with van der Waals surface area (Å²) in [4.78, 5) is 34.8. The Morgan fingerprint density at radius 3 is 2.12 bits per heavy atom. The quantitative estimate of drug-likeness (QED) is 0.322. The number of halogens is 2. The van der Waals surface area contributed by atoms with Gasteiger partial charge in [-0.3, -0.25) is 14.4 Å². The van der Waals surface area contributed by atoms with E-state index in [1.165, 1.54) is 0 Å². The molecule has 2 saturated heterocycles.